The van der Waals surface area contributed by atoms with Crippen molar-refractivity contribution >= 4 is 40.8 Å². The van der Waals surface area contributed by atoms with E-state index in [2.05, 4.69) is 4.74 Å². The van der Waals surface area contributed by atoms with Gasteiger partial charge in [0.15, 0.2) is 0 Å². The maximum Gasteiger partial charge on any atom is 0.471 e. The van der Waals surface area contributed by atoms with Gasteiger partial charge in [0.05, 0.1) is 22.3 Å². The van der Waals surface area contributed by atoms with Gasteiger partial charge in [-0.05, 0) is 24.6 Å². The van der Waals surface area contributed by atoms with Crippen LogP contribution in [0.15, 0.2) is 12.1 Å². The quantitative estimate of drug-likeness (QED) is 0.614. The van der Waals surface area contributed by atoms with Gasteiger partial charge in [-0.3, -0.25) is 4.79 Å². The predicted molar refractivity (Wildman–Crippen MR) is 79.2 cm³/mol. The smallest absolute Gasteiger partial charge is 0.464 e. The van der Waals surface area contributed by atoms with Crippen molar-refractivity contribution in [1.82, 2.24) is 5.32 Å². The summed E-state index contributed by atoms with van der Waals surface area (Å²) in [5.74, 6) is -3.25. The molecule has 0 aromatic heterocycles. The number of nitrogen functional groups attached to an aromatic ring is 1. The molecule has 0 aliphatic rings. The number of anilines is 1. The van der Waals surface area contributed by atoms with Gasteiger partial charge >= 0.3 is 18.1 Å². The summed E-state index contributed by atoms with van der Waals surface area (Å²) in [5, 5.41) is 1.75. The zero-order valence-electron chi connectivity index (χ0n) is 11.8. The van der Waals surface area contributed by atoms with Gasteiger partial charge in [0.2, 0.25) is 0 Å². The van der Waals surface area contributed by atoms with E-state index >= 15 is 0 Å². The Morgan fingerprint density at radius 1 is 1.30 bits per heavy atom. The highest BCUT2D eigenvalue weighted by atomic mass is 35.5. The molecule has 10 heteroatoms. The molecular weight excluding hydrogens is 360 g/mol. The second-order valence-corrected chi connectivity index (χ2v) is 5.27. The minimum Gasteiger partial charge on any atom is -0.464 e. The number of halogens is 5. The number of alkyl halides is 3. The van der Waals surface area contributed by atoms with Crippen LogP contribution in [0.5, 0.6) is 0 Å². The monoisotopic (exact) mass is 372 g/mol. The maximum atomic E-state index is 12.4. The highest BCUT2D eigenvalue weighted by Gasteiger charge is 2.41. The number of benzene rings is 1. The van der Waals surface area contributed by atoms with Gasteiger partial charge in [-0.15, -0.1) is 0 Å². The molecule has 1 atom stereocenters. The first-order valence-electron chi connectivity index (χ1n) is 6.34. The Balaban J connectivity index is 3.02. The number of nitrogens with one attached hydrogen (secondary N) is 1. The molecule has 1 amide bonds. The minimum atomic E-state index is -5.12. The van der Waals surface area contributed by atoms with Gasteiger partial charge < -0.3 is 15.8 Å². The summed E-state index contributed by atoms with van der Waals surface area (Å²) < 4.78 is 41.7. The first-order valence-corrected chi connectivity index (χ1v) is 7.09. The largest absolute Gasteiger partial charge is 0.471 e. The molecule has 0 heterocycles. The average Bonchev–Trinajstić information content (AvgIpc) is 2.43. The van der Waals surface area contributed by atoms with Crippen molar-refractivity contribution in [2.24, 2.45) is 0 Å². The number of carbonyl (C=O) groups is 2. The summed E-state index contributed by atoms with van der Waals surface area (Å²) >= 11 is 11.7. The van der Waals surface area contributed by atoms with Crippen molar-refractivity contribution in [3.05, 3.63) is 27.7 Å². The van der Waals surface area contributed by atoms with Gasteiger partial charge in [-0.25, -0.2) is 4.79 Å². The molecule has 0 unspecified atom stereocenters. The molecule has 1 aromatic rings. The SMILES string of the molecule is CCOC(=O)[C@H](Cc1cc(Cl)c(N)c(Cl)c1)NC(=O)C(F)(F)F. The molecule has 0 aliphatic carbocycles. The lowest BCUT2D eigenvalue weighted by molar-refractivity contribution is -0.175. The van der Waals surface area contributed by atoms with Crippen molar-refractivity contribution in [2.75, 3.05) is 12.3 Å². The average molecular weight is 373 g/mol. The third-order valence-electron chi connectivity index (χ3n) is 2.71. The Morgan fingerprint density at radius 3 is 2.26 bits per heavy atom. The summed E-state index contributed by atoms with van der Waals surface area (Å²) in [4.78, 5) is 22.8. The molecule has 1 rings (SSSR count). The van der Waals surface area contributed by atoms with Crippen LogP contribution in [-0.4, -0.2) is 30.7 Å². The van der Waals surface area contributed by atoms with Crippen LogP contribution in [0.25, 0.3) is 0 Å². The van der Waals surface area contributed by atoms with E-state index in [1.54, 1.807) is 5.32 Å². The molecule has 0 spiro atoms. The summed E-state index contributed by atoms with van der Waals surface area (Å²) in [7, 11) is 0. The number of ether oxygens (including phenoxy) is 1. The maximum absolute atomic E-state index is 12.4. The number of hydrogen-bond acceptors (Lipinski definition) is 4. The van der Waals surface area contributed by atoms with E-state index in [1.165, 1.54) is 19.1 Å². The van der Waals surface area contributed by atoms with Gasteiger partial charge in [0, 0.05) is 6.42 Å². The van der Waals surface area contributed by atoms with E-state index in [9.17, 15) is 22.8 Å². The summed E-state index contributed by atoms with van der Waals surface area (Å²) in [6.07, 6.45) is -5.42. The standard InChI is InChI=1S/C13H13Cl2F3N2O3/c1-2-23-11(21)9(20-12(22)13(16,17)18)5-6-3-7(14)10(19)8(15)4-6/h3-4,9H,2,5,19H2,1H3,(H,20,22)/t9-/m0/s1. The van der Waals surface area contributed by atoms with Crippen LogP contribution in [0.3, 0.4) is 0 Å². The van der Waals surface area contributed by atoms with E-state index in [4.69, 9.17) is 28.9 Å². The zero-order valence-corrected chi connectivity index (χ0v) is 13.4. The molecule has 0 saturated heterocycles. The van der Waals surface area contributed by atoms with Crippen molar-refractivity contribution in [1.29, 1.82) is 0 Å². The van der Waals surface area contributed by atoms with Crippen LogP contribution in [0.4, 0.5) is 18.9 Å². The van der Waals surface area contributed by atoms with Gasteiger partial charge in [0.1, 0.15) is 6.04 Å². The topological polar surface area (TPSA) is 81.4 Å². The molecule has 5 nitrogen and oxygen atoms in total. The van der Waals surface area contributed by atoms with Crippen LogP contribution in [-0.2, 0) is 20.7 Å². The van der Waals surface area contributed by atoms with E-state index in [1.807, 2.05) is 0 Å². The molecule has 0 radical (unpaired) electrons. The van der Waals surface area contributed by atoms with Crippen LogP contribution in [0, 0.1) is 0 Å². The first-order chi connectivity index (χ1) is 10.6. The van der Waals surface area contributed by atoms with Gasteiger partial charge in [0.25, 0.3) is 0 Å². The Hall–Kier alpha value is -1.67. The molecule has 0 fully saturated rings. The molecule has 0 bridgehead atoms. The van der Waals surface area contributed by atoms with Crippen molar-refractivity contribution in [2.45, 2.75) is 25.6 Å². The zero-order chi connectivity index (χ0) is 17.8. The van der Waals surface area contributed by atoms with E-state index in [0.29, 0.717) is 5.56 Å². The van der Waals surface area contributed by atoms with Crippen molar-refractivity contribution in [3.63, 3.8) is 0 Å². The fourth-order valence-electron chi connectivity index (χ4n) is 1.67. The van der Waals surface area contributed by atoms with Crippen molar-refractivity contribution < 1.29 is 27.5 Å². The third-order valence-corrected chi connectivity index (χ3v) is 3.34. The van der Waals surface area contributed by atoms with Gasteiger partial charge in [-0.2, -0.15) is 13.2 Å². The Kier molecular flexibility index (Phi) is 6.52. The molecule has 1 aromatic carbocycles. The second kappa shape index (κ2) is 7.74. The number of carbonyl (C=O) groups excluding carboxylic acids is 2. The van der Waals surface area contributed by atoms with Gasteiger partial charge in [-0.1, -0.05) is 23.2 Å². The highest BCUT2D eigenvalue weighted by molar-refractivity contribution is 6.38. The first kappa shape index (κ1) is 19.4. The predicted octanol–water partition coefficient (Wildman–Crippen LogP) is 2.73. The molecule has 0 saturated carbocycles. The van der Waals surface area contributed by atoms with E-state index in [-0.39, 0.29) is 28.8 Å². The van der Waals surface area contributed by atoms with Crippen LogP contribution in [0.1, 0.15) is 12.5 Å². The van der Waals surface area contributed by atoms with Crippen LogP contribution in [0.2, 0.25) is 10.0 Å². The fourth-order valence-corrected chi connectivity index (χ4v) is 2.20. The van der Waals surface area contributed by atoms with E-state index < -0.39 is 24.1 Å². The number of hydrogen-bond donors (Lipinski definition) is 2. The molecule has 23 heavy (non-hydrogen) atoms. The lowest BCUT2D eigenvalue weighted by Crippen LogP contribution is -2.48. The molecule has 128 valence electrons. The lowest BCUT2D eigenvalue weighted by atomic mass is 10.1. The lowest BCUT2D eigenvalue weighted by Gasteiger charge is -2.18. The number of esters is 1. The van der Waals surface area contributed by atoms with E-state index in [0.717, 1.165) is 0 Å². The molecular formula is C13H13Cl2F3N2O3. The minimum absolute atomic E-state index is 0.0551. The Morgan fingerprint density at radius 2 is 1.83 bits per heavy atom. The Labute approximate surface area is 139 Å². The summed E-state index contributed by atoms with van der Waals surface area (Å²) in [6, 6.07) is 1.14. The van der Waals surface area contributed by atoms with Crippen LogP contribution >= 0.6 is 23.2 Å². The third kappa shape index (κ3) is 5.47. The Bertz CT molecular complexity index is 586. The number of nitrogens with two attached hydrogens (primary N) is 1. The molecule has 0 aliphatic heterocycles. The van der Waals surface area contributed by atoms with Crippen molar-refractivity contribution in [3.8, 4) is 0 Å². The normalized spacial score (nSPS) is 12.6. The summed E-state index contributed by atoms with van der Waals surface area (Å²) in [6.45, 7) is 1.43. The fraction of sp³-hybridized carbons (Fsp3) is 0.385. The second-order valence-electron chi connectivity index (χ2n) is 4.45. The highest BCUT2D eigenvalue weighted by Crippen LogP contribution is 2.29. The number of amides is 1. The summed E-state index contributed by atoms with van der Waals surface area (Å²) in [5.41, 5.74) is 5.97. The van der Waals surface area contributed by atoms with Crippen LogP contribution < -0.4 is 11.1 Å². The number of rotatable bonds is 5. The molecule has 3 N–H and O–H groups in total.